The van der Waals surface area contributed by atoms with Gasteiger partial charge in [0.05, 0.1) is 26.2 Å². The molecule has 5 heteroatoms. The van der Waals surface area contributed by atoms with Gasteiger partial charge in [-0.25, -0.2) is 0 Å². The van der Waals surface area contributed by atoms with E-state index in [0.717, 1.165) is 12.8 Å². The topological polar surface area (TPSA) is 37.4 Å². The van der Waals surface area contributed by atoms with E-state index in [9.17, 15) is 9.59 Å². The number of imide groups is 1. The molecule has 0 spiro atoms. The van der Waals surface area contributed by atoms with E-state index in [1.54, 1.807) is 0 Å². The molecule has 0 atom stereocenters. The van der Waals surface area contributed by atoms with Gasteiger partial charge in [0.1, 0.15) is 0 Å². The second-order valence-corrected chi connectivity index (χ2v) is 7.44. The Hall–Kier alpha value is -0.170. The van der Waals surface area contributed by atoms with Crippen molar-refractivity contribution in [3.05, 3.63) is 0 Å². The minimum Gasteiger partial charge on any atom is -1.00 e. The van der Waals surface area contributed by atoms with Crippen LogP contribution in [0.5, 0.6) is 0 Å². The van der Waals surface area contributed by atoms with Crippen molar-refractivity contribution in [3.8, 4) is 0 Å². The Labute approximate surface area is 172 Å². The third-order valence-corrected chi connectivity index (χ3v) is 5.38. The van der Waals surface area contributed by atoms with Crippen molar-refractivity contribution in [1.29, 1.82) is 0 Å². The van der Waals surface area contributed by atoms with E-state index < -0.39 is 0 Å². The van der Waals surface area contributed by atoms with Gasteiger partial charge in [-0.15, -0.1) is 0 Å². The first-order valence-electron chi connectivity index (χ1n) is 10.3. The first-order chi connectivity index (χ1) is 11.6. The highest BCUT2D eigenvalue weighted by molar-refractivity contribution is 6.01. The van der Waals surface area contributed by atoms with Crippen LogP contribution in [-0.4, -0.2) is 53.9 Å². The molecule has 1 rings (SSSR count). The summed E-state index contributed by atoms with van der Waals surface area (Å²) in [6.07, 6.45) is 10.6. The molecular weight excluding hydrogens is 427 g/mol. The molecule has 25 heavy (non-hydrogen) atoms. The van der Waals surface area contributed by atoms with E-state index in [2.05, 4.69) is 20.8 Å². The third-order valence-electron chi connectivity index (χ3n) is 5.38. The number of amides is 2. The number of rotatable bonds is 14. The summed E-state index contributed by atoms with van der Waals surface area (Å²) in [6, 6.07) is 0. The normalized spacial score (nSPS) is 14.9. The van der Waals surface area contributed by atoms with Crippen LogP contribution >= 0.6 is 0 Å². The Morgan fingerprint density at radius 1 is 0.720 bits per heavy atom. The van der Waals surface area contributed by atoms with Crippen LogP contribution in [0.25, 0.3) is 0 Å². The molecule has 2 amide bonds. The molecule has 0 aromatic heterocycles. The van der Waals surface area contributed by atoms with Gasteiger partial charge in [-0.05, 0) is 32.1 Å². The lowest BCUT2D eigenvalue weighted by Gasteiger charge is -2.39. The van der Waals surface area contributed by atoms with Crippen molar-refractivity contribution >= 4 is 11.8 Å². The number of quaternary nitrogens is 1. The maximum absolute atomic E-state index is 11.7. The minimum absolute atomic E-state index is 0. The number of carbonyl (C=O) groups excluding carboxylic acids is 2. The average molecular weight is 466 g/mol. The fourth-order valence-electron chi connectivity index (χ4n) is 3.74. The average Bonchev–Trinajstić information content (AvgIpc) is 2.91. The zero-order chi connectivity index (χ0) is 17.8. The molecule has 0 unspecified atom stereocenters. The van der Waals surface area contributed by atoms with Gasteiger partial charge in [-0.3, -0.25) is 14.5 Å². The lowest BCUT2D eigenvalue weighted by molar-refractivity contribution is -0.929. The molecule has 148 valence electrons. The van der Waals surface area contributed by atoms with Gasteiger partial charge in [-0.1, -0.05) is 40.0 Å². The number of halogens is 1. The minimum atomic E-state index is 0. The van der Waals surface area contributed by atoms with E-state index in [1.807, 2.05) is 0 Å². The van der Waals surface area contributed by atoms with Gasteiger partial charge in [0.25, 0.3) is 0 Å². The summed E-state index contributed by atoms with van der Waals surface area (Å²) in [5.41, 5.74) is 0. The third kappa shape index (κ3) is 8.85. The number of carbonyl (C=O) groups is 2. The molecule has 0 aliphatic carbocycles. The highest BCUT2D eigenvalue weighted by Gasteiger charge is 2.29. The summed E-state index contributed by atoms with van der Waals surface area (Å²) < 4.78 is 1.25. The lowest BCUT2D eigenvalue weighted by atomic mass is 10.1. The molecule has 0 aromatic carbocycles. The summed E-state index contributed by atoms with van der Waals surface area (Å²) >= 11 is 0. The molecule has 1 aliphatic heterocycles. The van der Waals surface area contributed by atoms with Crippen molar-refractivity contribution in [2.45, 2.75) is 85.0 Å². The molecule has 1 aliphatic rings. The highest BCUT2D eigenvalue weighted by atomic mass is 127. The number of unbranched alkanes of at least 4 members (excludes halogenated alkanes) is 4. The fourth-order valence-corrected chi connectivity index (χ4v) is 3.74. The fraction of sp³-hybridized carbons (Fsp3) is 0.900. The Kier molecular flexibility index (Phi) is 13.9. The van der Waals surface area contributed by atoms with Crippen LogP contribution in [0, 0.1) is 0 Å². The second-order valence-electron chi connectivity index (χ2n) is 7.44. The van der Waals surface area contributed by atoms with Crippen LogP contribution < -0.4 is 24.0 Å². The van der Waals surface area contributed by atoms with Gasteiger partial charge < -0.3 is 28.5 Å². The van der Waals surface area contributed by atoms with Gasteiger partial charge in [0.15, 0.2) is 0 Å². The quantitative estimate of drug-likeness (QED) is 0.167. The Morgan fingerprint density at radius 2 is 1.12 bits per heavy atom. The first-order valence-corrected chi connectivity index (χ1v) is 10.3. The molecule has 0 saturated carbocycles. The predicted octanol–water partition coefficient (Wildman–Crippen LogP) is 1.14. The van der Waals surface area contributed by atoms with Gasteiger partial charge >= 0.3 is 0 Å². The van der Waals surface area contributed by atoms with Crippen molar-refractivity contribution in [3.63, 3.8) is 0 Å². The van der Waals surface area contributed by atoms with Crippen molar-refractivity contribution in [2.75, 3.05) is 32.7 Å². The van der Waals surface area contributed by atoms with E-state index in [1.165, 1.54) is 74.1 Å². The molecule has 0 bridgehead atoms. The van der Waals surface area contributed by atoms with Crippen molar-refractivity contribution in [1.82, 2.24) is 4.90 Å². The number of hydrogen-bond acceptors (Lipinski definition) is 2. The van der Waals surface area contributed by atoms with Crippen LogP contribution in [0.4, 0.5) is 0 Å². The predicted molar refractivity (Wildman–Crippen MR) is 99.6 cm³/mol. The van der Waals surface area contributed by atoms with E-state index >= 15 is 0 Å². The maximum Gasteiger partial charge on any atom is 0.229 e. The van der Waals surface area contributed by atoms with Crippen molar-refractivity contribution in [2.24, 2.45) is 0 Å². The monoisotopic (exact) mass is 466 g/mol. The van der Waals surface area contributed by atoms with Crippen LogP contribution in [0.15, 0.2) is 0 Å². The van der Waals surface area contributed by atoms with Crippen LogP contribution in [-0.2, 0) is 9.59 Å². The number of nitrogens with zero attached hydrogens (tertiary/aromatic N) is 2. The van der Waals surface area contributed by atoms with Gasteiger partial charge in [-0.2, -0.15) is 0 Å². The summed E-state index contributed by atoms with van der Waals surface area (Å²) in [6.45, 7) is 12.5. The maximum atomic E-state index is 11.7. The Balaban J connectivity index is 0.00000576. The lowest BCUT2D eigenvalue weighted by Crippen LogP contribution is -3.00. The van der Waals surface area contributed by atoms with Crippen LogP contribution in [0.2, 0.25) is 0 Å². The summed E-state index contributed by atoms with van der Waals surface area (Å²) in [7, 11) is 0. The zero-order valence-corrected chi connectivity index (χ0v) is 18.9. The molecule has 0 N–H and O–H groups in total. The molecule has 4 nitrogen and oxygen atoms in total. The molecular formula is C20H39IN2O2. The molecule has 1 fully saturated rings. The Morgan fingerprint density at radius 3 is 1.52 bits per heavy atom. The van der Waals surface area contributed by atoms with Gasteiger partial charge in [0.2, 0.25) is 11.8 Å². The summed E-state index contributed by atoms with van der Waals surface area (Å²) in [4.78, 5) is 24.9. The summed E-state index contributed by atoms with van der Waals surface area (Å²) in [5, 5.41) is 0. The number of hydrogen-bond donors (Lipinski definition) is 0. The number of likely N-dealkylation sites (tertiary alicyclic amines) is 1. The largest absolute Gasteiger partial charge is 1.00 e. The van der Waals surface area contributed by atoms with Crippen LogP contribution in [0.3, 0.4) is 0 Å². The molecule has 1 heterocycles. The van der Waals surface area contributed by atoms with Crippen LogP contribution in [0.1, 0.15) is 85.0 Å². The highest BCUT2D eigenvalue weighted by Crippen LogP contribution is 2.18. The SMILES string of the molecule is CCCC[N+](CCCC)(CCCC)CCCCN1C(=O)CCC1=O.[I-]. The van der Waals surface area contributed by atoms with Crippen molar-refractivity contribution < 1.29 is 38.0 Å². The molecule has 0 radical (unpaired) electrons. The Bertz CT molecular complexity index is 350. The van der Waals surface area contributed by atoms with E-state index in [-0.39, 0.29) is 35.8 Å². The smallest absolute Gasteiger partial charge is 0.229 e. The van der Waals surface area contributed by atoms with E-state index in [0.29, 0.717) is 19.4 Å². The first kappa shape index (κ1) is 24.8. The zero-order valence-electron chi connectivity index (χ0n) is 16.7. The molecule has 1 saturated heterocycles. The molecule has 0 aromatic rings. The summed E-state index contributed by atoms with van der Waals surface area (Å²) in [5.74, 6) is 0.0624. The second kappa shape index (κ2) is 14.0. The van der Waals surface area contributed by atoms with E-state index in [4.69, 9.17) is 0 Å². The standard InChI is InChI=1S/C20H39N2O2.HI/c1-4-7-15-22(16-8-5-2,17-9-6-3)18-11-10-14-21-19(23)12-13-20(21)24;/h4-18H2,1-3H3;1H/q+1;/p-1. The van der Waals surface area contributed by atoms with Gasteiger partial charge in [0, 0.05) is 19.4 Å².